The zero-order valence-electron chi connectivity index (χ0n) is 12.3. The van der Waals surface area contributed by atoms with Gasteiger partial charge in [0.2, 0.25) is 5.91 Å². The SMILES string of the molecule is NCc1cccc2c1ccn2CC(=O)NC1CCCCC1. The Bertz CT molecular complexity index is 626. The summed E-state index contributed by atoms with van der Waals surface area (Å²) in [4.78, 5) is 12.2. The molecule has 0 spiro atoms. The summed E-state index contributed by atoms with van der Waals surface area (Å²) >= 11 is 0. The van der Waals surface area contributed by atoms with Crippen molar-refractivity contribution >= 4 is 16.8 Å². The zero-order chi connectivity index (χ0) is 14.7. The molecule has 3 N–H and O–H groups in total. The van der Waals surface area contributed by atoms with Crippen molar-refractivity contribution in [2.24, 2.45) is 5.73 Å². The molecule has 0 atom stereocenters. The molecule has 1 aromatic heterocycles. The normalized spacial score (nSPS) is 16.2. The molecular formula is C17H23N3O. The summed E-state index contributed by atoms with van der Waals surface area (Å²) < 4.78 is 2.01. The molecule has 4 nitrogen and oxygen atoms in total. The van der Waals surface area contributed by atoms with Gasteiger partial charge in [0, 0.05) is 29.7 Å². The van der Waals surface area contributed by atoms with Crippen molar-refractivity contribution in [2.45, 2.75) is 51.2 Å². The van der Waals surface area contributed by atoms with Crippen LogP contribution in [-0.2, 0) is 17.9 Å². The molecule has 0 saturated heterocycles. The van der Waals surface area contributed by atoms with Crippen LogP contribution in [0.3, 0.4) is 0 Å². The minimum absolute atomic E-state index is 0.109. The largest absolute Gasteiger partial charge is 0.352 e. The van der Waals surface area contributed by atoms with E-state index in [4.69, 9.17) is 5.73 Å². The van der Waals surface area contributed by atoms with Crippen LogP contribution in [0.15, 0.2) is 30.5 Å². The fraction of sp³-hybridized carbons (Fsp3) is 0.471. The molecular weight excluding hydrogens is 262 g/mol. The molecule has 1 heterocycles. The molecule has 0 radical (unpaired) electrons. The Morgan fingerprint density at radius 2 is 2.05 bits per heavy atom. The molecule has 1 saturated carbocycles. The van der Waals surface area contributed by atoms with E-state index < -0.39 is 0 Å². The third-order valence-electron chi connectivity index (χ3n) is 4.41. The number of benzene rings is 1. The number of nitrogens with one attached hydrogen (secondary N) is 1. The van der Waals surface area contributed by atoms with Gasteiger partial charge in [0.15, 0.2) is 0 Å². The van der Waals surface area contributed by atoms with Gasteiger partial charge in [-0.05, 0) is 30.5 Å². The highest BCUT2D eigenvalue weighted by Crippen LogP contribution is 2.20. The summed E-state index contributed by atoms with van der Waals surface area (Å²) in [7, 11) is 0. The van der Waals surface area contributed by atoms with Gasteiger partial charge in [-0.2, -0.15) is 0 Å². The number of carbonyl (C=O) groups is 1. The Kier molecular flexibility index (Phi) is 4.25. The van der Waals surface area contributed by atoms with Gasteiger partial charge in [0.25, 0.3) is 0 Å². The summed E-state index contributed by atoms with van der Waals surface area (Å²) in [5, 5.41) is 4.31. The van der Waals surface area contributed by atoms with E-state index in [1.54, 1.807) is 0 Å². The van der Waals surface area contributed by atoms with Crippen LogP contribution in [0, 0.1) is 0 Å². The number of aromatic nitrogens is 1. The minimum atomic E-state index is 0.109. The summed E-state index contributed by atoms with van der Waals surface area (Å²) in [6, 6.07) is 8.50. The van der Waals surface area contributed by atoms with E-state index in [2.05, 4.69) is 5.32 Å². The molecule has 0 unspecified atom stereocenters. The van der Waals surface area contributed by atoms with E-state index in [0.29, 0.717) is 19.1 Å². The fourth-order valence-electron chi connectivity index (χ4n) is 3.28. The van der Waals surface area contributed by atoms with Crippen LogP contribution in [0.4, 0.5) is 0 Å². The number of nitrogens with zero attached hydrogens (tertiary/aromatic N) is 1. The Morgan fingerprint density at radius 3 is 2.81 bits per heavy atom. The van der Waals surface area contributed by atoms with E-state index in [1.807, 2.05) is 35.0 Å². The molecule has 4 heteroatoms. The molecule has 2 aromatic rings. The molecule has 1 fully saturated rings. The molecule has 3 rings (SSSR count). The van der Waals surface area contributed by atoms with Gasteiger partial charge in [-0.3, -0.25) is 4.79 Å². The standard InChI is InChI=1S/C17H23N3O/c18-11-13-5-4-8-16-15(13)9-10-20(16)12-17(21)19-14-6-2-1-3-7-14/h4-5,8-10,14H,1-3,6-7,11-12,18H2,(H,19,21). The van der Waals surface area contributed by atoms with E-state index in [-0.39, 0.29) is 5.91 Å². The maximum absolute atomic E-state index is 12.2. The van der Waals surface area contributed by atoms with Crippen LogP contribution in [0.2, 0.25) is 0 Å². The lowest BCUT2D eigenvalue weighted by Gasteiger charge is -2.22. The Balaban J connectivity index is 1.71. The summed E-state index contributed by atoms with van der Waals surface area (Å²) in [5.41, 5.74) is 7.97. The number of amides is 1. The number of carbonyl (C=O) groups excluding carboxylic acids is 1. The fourth-order valence-corrected chi connectivity index (χ4v) is 3.28. The third-order valence-corrected chi connectivity index (χ3v) is 4.41. The number of nitrogens with two attached hydrogens (primary N) is 1. The molecule has 1 aliphatic carbocycles. The topological polar surface area (TPSA) is 60.0 Å². The third kappa shape index (κ3) is 3.10. The van der Waals surface area contributed by atoms with E-state index in [0.717, 1.165) is 29.3 Å². The van der Waals surface area contributed by atoms with Gasteiger partial charge in [-0.15, -0.1) is 0 Å². The van der Waals surface area contributed by atoms with Gasteiger partial charge < -0.3 is 15.6 Å². The van der Waals surface area contributed by atoms with Crippen molar-refractivity contribution in [1.29, 1.82) is 0 Å². The summed E-state index contributed by atoms with van der Waals surface area (Å²) in [5.74, 6) is 0.109. The Morgan fingerprint density at radius 1 is 1.24 bits per heavy atom. The maximum atomic E-state index is 12.2. The quantitative estimate of drug-likeness (QED) is 0.907. The lowest BCUT2D eigenvalue weighted by atomic mass is 9.95. The first-order valence-electron chi connectivity index (χ1n) is 7.84. The monoisotopic (exact) mass is 285 g/mol. The van der Waals surface area contributed by atoms with Crippen molar-refractivity contribution in [3.8, 4) is 0 Å². The van der Waals surface area contributed by atoms with Crippen LogP contribution >= 0.6 is 0 Å². The Labute approximate surface area is 125 Å². The molecule has 21 heavy (non-hydrogen) atoms. The van der Waals surface area contributed by atoms with Crippen LogP contribution in [0.25, 0.3) is 10.9 Å². The predicted molar refractivity (Wildman–Crippen MR) is 84.8 cm³/mol. The number of rotatable bonds is 4. The van der Waals surface area contributed by atoms with Crippen molar-refractivity contribution in [3.05, 3.63) is 36.0 Å². The first-order chi connectivity index (χ1) is 10.3. The summed E-state index contributed by atoms with van der Waals surface area (Å²) in [6.45, 7) is 0.906. The van der Waals surface area contributed by atoms with Crippen LogP contribution < -0.4 is 11.1 Å². The lowest BCUT2D eigenvalue weighted by Crippen LogP contribution is -2.38. The lowest BCUT2D eigenvalue weighted by molar-refractivity contribution is -0.122. The van der Waals surface area contributed by atoms with Gasteiger partial charge >= 0.3 is 0 Å². The van der Waals surface area contributed by atoms with Crippen LogP contribution in [0.1, 0.15) is 37.7 Å². The second kappa shape index (κ2) is 6.31. The van der Waals surface area contributed by atoms with E-state index in [1.165, 1.54) is 19.3 Å². The van der Waals surface area contributed by atoms with Crippen molar-refractivity contribution in [3.63, 3.8) is 0 Å². The van der Waals surface area contributed by atoms with Gasteiger partial charge in [-0.25, -0.2) is 0 Å². The second-order valence-corrected chi connectivity index (χ2v) is 5.90. The predicted octanol–water partition coefficient (Wildman–Crippen LogP) is 2.55. The van der Waals surface area contributed by atoms with Crippen LogP contribution in [-0.4, -0.2) is 16.5 Å². The zero-order valence-corrected chi connectivity index (χ0v) is 12.3. The van der Waals surface area contributed by atoms with E-state index in [9.17, 15) is 4.79 Å². The molecule has 1 amide bonds. The van der Waals surface area contributed by atoms with Crippen molar-refractivity contribution in [1.82, 2.24) is 9.88 Å². The molecule has 0 aliphatic heterocycles. The highest BCUT2D eigenvalue weighted by molar-refractivity contribution is 5.86. The maximum Gasteiger partial charge on any atom is 0.240 e. The van der Waals surface area contributed by atoms with Gasteiger partial charge in [-0.1, -0.05) is 31.4 Å². The van der Waals surface area contributed by atoms with Crippen LogP contribution in [0.5, 0.6) is 0 Å². The summed E-state index contributed by atoms with van der Waals surface area (Å²) in [6.07, 6.45) is 7.99. The van der Waals surface area contributed by atoms with Crippen molar-refractivity contribution in [2.75, 3.05) is 0 Å². The second-order valence-electron chi connectivity index (χ2n) is 5.90. The number of fused-ring (bicyclic) bond motifs is 1. The Hall–Kier alpha value is -1.81. The molecule has 1 aromatic carbocycles. The highest BCUT2D eigenvalue weighted by atomic mass is 16.2. The smallest absolute Gasteiger partial charge is 0.240 e. The van der Waals surface area contributed by atoms with E-state index >= 15 is 0 Å². The van der Waals surface area contributed by atoms with Gasteiger partial charge in [0.1, 0.15) is 6.54 Å². The molecule has 1 aliphatic rings. The number of hydrogen-bond acceptors (Lipinski definition) is 2. The number of hydrogen-bond donors (Lipinski definition) is 2. The first kappa shape index (κ1) is 14.1. The molecule has 0 bridgehead atoms. The average Bonchev–Trinajstić information content (AvgIpc) is 2.91. The van der Waals surface area contributed by atoms with Crippen molar-refractivity contribution < 1.29 is 4.79 Å². The molecule has 112 valence electrons. The van der Waals surface area contributed by atoms with Gasteiger partial charge in [0.05, 0.1) is 0 Å². The highest BCUT2D eigenvalue weighted by Gasteiger charge is 2.16. The average molecular weight is 285 g/mol. The first-order valence-corrected chi connectivity index (χ1v) is 7.84. The minimum Gasteiger partial charge on any atom is -0.352 e.